The van der Waals surface area contributed by atoms with Crippen molar-refractivity contribution in [2.24, 2.45) is 0 Å². The van der Waals surface area contributed by atoms with Crippen molar-refractivity contribution in [3.05, 3.63) is 34.9 Å². The van der Waals surface area contributed by atoms with E-state index in [2.05, 4.69) is 22.3 Å². The SMILES string of the molecule is O=C(N[C@@H]1CCC[C@@H](N2CCOCC2)[C@@H]1O)c1ccc2c(c1)CCCC2. The van der Waals surface area contributed by atoms with E-state index < -0.39 is 6.10 Å². The quantitative estimate of drug-likeness (QED) is 0.866. The highest BCUT2D eigenvalue weighted by Gasteiger charge is 2.36. The number of nitrogens with zero attached hydrogens (tertiary/aromatic N) is 1. The molecule has 1 saturated carbocycles. The van der Waals surface area contributed by atoms with E-state index in [1.54, 1.807) is 0 Å². The second kappa shape index (κ2) is 8.07. The molecule has 0 spiro atoms. The molecule has 2 aliphatic carbocycles. The van der Waals surface area contributed by atoms with Crippen LogP contribution in [0, 0.1) is 0 Å². The Morgan fingerprint density at radius 2 is 1.85 bits per heavy atom. The molecule has 1 heterocycles. The van der Waals surface area contributed by atoms with Gasteiger partial charge in [-0.15, -0.1) is 0 Å². The molecule has 26 heavy (non-hydrogen) atoms. The second-order valence-corrected chi connectivity index (χ2v) is 7.91. The van der Waals surface area contributed by atoms with Crippen molar-refractivity contribution in [3.63, 3.8) is 0 Å². The molecule has 4 rings (SSSR count). The number of carbonyl (C=O) groups is 1. The van der Waals surface area contributed by atoms with Crippen LogP contribution in [0.3, 0.4) is 0 Å². The minimum absolute atomic E-state index is 0.0509. The van der Waals surface area contributed by atoms with Crippen LogP contribution in [-0.4, -0.2) is 60.4 Å². The van der Waals surface area contributed by atoms with Gasteiger partial charge in [0.05, 0.1) is 25.4 Å². The number of nitrogens with one attached hydrogen (secondary N) is 1. The number of rotatable bonds is 3. The van der Waals surface area contributed by atoms with Crippen LogP contribution in [0.2, 0.25) is 0 Å². The van der Waals surface area contributed by atoms with E-state index in [-0.39, 0.29) is 18.0 Å². The lowest BCUT2D eigenvalue weighted by molar-refractivity contribution is -0.0459. The van der Waals surface area contributed by atoms with Gasteiger partial charge >= 0.3 is 0 Å². The first-order chi connectivity index (χ1) is 12.7. The molecule has 0 radical (unpaired) electrons. The fourth-order valence-electron chi connectivity index (χ4n) is 4.75. The number of fused-ring (bicyclic) bond motifs is 1. The van der Waals surface area contributed by atoms with E-state index in [0.717, 1.165) is 64.0 Å². The minimum atomic E-state index is -0.511. The predicted octanol–water partition coefficient (Wildman–Crippen LogP) is 1.91. The van der Waals surface area contributed by atoms with Gasteiger partial charge in [0, 0.05) is 24.7 Å². The topological polar surface area (TPSA) is 61.8 Å². The van der Waals surface area contributed by atoms with Gasteiger partial charge in [0.25, 0.3) is 5.91 Å². The highest BCUT2D eigenvalue weighted by atomic mass is 16.5. The number of aliphatic hydroxyl groups excluding tert-OH is 1. The van der Waals surface area contributed by atoms with Crippen molar-refractivity contribution in [1.82, 2.24) is 10.2 Å². The molecule has 5 nitrogen and oxygen atoms in total. The van der Waals surface area contributed by atoms with Gasteiger partial charge in [-0.25, -0.2) is 0 Å². The number of aliphatic hydroxyl groups is 1. The third-order valence-corrected chi connectivity index (χ3v) is 6.26. The van der Waals surface area contributed by atoms with Gasteiger partial charge < -0.3 is 15.2 Å². The van der Waals surface area contributed by atoms with Gasteiger partial charge in [-0.05, 0) is 68.2 Å². The molecule has 1 amide bonds. The fourth-order valence-corrected chi connectivity index (χ4v) is 4.75. The van der Waals surface area contributed by atoms with E-state index in [1.165, 1.54) is 24.0 Å². The summed E-state index contributed by atoms with van der Waals surface area (Å²) in [7, 11) is 0. The van der Waals surface area contributed by atoms with Crippen LogP contribution < -0.4 is 5.32 Å². The zero-order chi connectivity index (χ0) is 17.9. The first-order valence-electron chi connectivity index (χ1n) is 10.1. The highest BCUT2D eigenvalue weighted by Crippen LogP contribution is 2.26. The Bertz CT molecular complexity index is 642. The second-order valence-electron chi connectivity index (χ2n) is 7.91. The summed E-state index contributed by atoms with van der Waals surface area (Å²) in [6, 6.07) is 6.06. The van der Waals surface area contributed by atoms with Gasteiger partial charge in [0.1, 0.15) is 0 Å². The van der Waals surface area contributed by atoms with Crippen LogP contribution in [0.4, 0.5) is 0 Å². The lowest BCUT2D eigenvalue weighted by atomic mass is 9.86. The van der Waals surface area contributed by atoms with Crippen molar-refractivity contribution >= 4 is 5.91 Å². The average Bonchev–Trinajstić information content (AvgIpc) is 2.70. The Kier molecular flexibility index (Phi) is 5.57. The van der Waals surface area contributed by atoms with Crippen molar-refractivity contribution in [2.75, 3.05) is 26.3 Å². The van der Waals surface area contributed by atoms with Crippen molar-refractivity contribution in [2.45, 2.75) is 63.1 Å². The molecule has 0 bridgehead atoms. The van der Waals surface area contributed by atoms with Crippen LogP contribution >= 0.6 is 0 Å². The predicted molar refractivity (Wildman–Crippen MR) is 100 cm³/mol. The molecular weight excluding hydrogens is 328 g/mol. The molecule has 142 valence electrons. The van der Waals surface area contributed by atoms with E-state index in [9.17, 15) is 9.90 Å². The maximum Gasteiger partial charge on any atom is 0.251 e. The Morgan fingerprint density at radius 1 is 1.08 bits per heavy atom. The zero-order valence-corrected chi connectivity index (χ0v) is 15.5. The van der Waals surface area contributed by atoms with Crippen molar-refractivity contribution in [1.29, 1.82) is 0 Å². The summed E-state index contributed by atoms with van der Waals surface area (Å²) < 4.78 is 5.43. The summed E-state index contributed by atoms with van der Waals surface area (Å²) in [6.07, 6.45) is 7.01. The molecular formula is C21H30N2O3. The van der Waals surface area contributed by atoms with Crippen LogP contribution in [0.1, 0.15) is 53.6 Å². The number of carbonyl (C=O) groups excluding carboxylic acids is 1. The molecule has 1 aliphatic heterocycles. The van der Waals surface area contributed by atoms with E-state index in [4.69, 9.17) is 4.74 Å². The smallest absolute Gasteiger partial charge is 0.251 e. The molecule has 1 aromatic rings. The van der Waals surface area contributed by atoms with Crippen LogP contribution in [0.25, 0.3) is 0 Å². The van der Waals surface area contributed by atoms with Crippen LogP contribution in [0.15, 0.2) is 18.2 Å². The lowest BCUT2D eigenvalue weighted by Crippen LogP contribution is -2.58. The van der Waals surface area contributed by atoms with Gasteiger partial charge in [-0.3, -0.25) is 9.69 Å². The maximum atomic E-state index is 12.8. The van der Waals surface area contributed by atoms with Gasteiger partial charge in [-0.1, -0.05) is 6.07 Å². The standard InChI is InChI=1S/C21H30N2O3/c24-20-18(6-3-7-19(20)23-10-12-26-13-11-23)22-21(25)17-9-8-15-4-1-2-5-16(15)14-17/h8-9,14,18-20,24H,1-7,10-13H2,(H,22,25)/t18-,19-,20-/m1/s1. The van der Waals surface area contributed by atoms with Gasteiger partial charge in [0.2, 0.25) is 0 Å². The molecule has 0 unspecified atom stereocenters. The monoisotopic (exact) mass is 358 g/mol. The maximum absolute atomic E-state index is 12.8. The van der Waals surface area contributed by atoms with E-state index >= 15 is 0 Å². The normalized spacial score (nSPS) is 29.8. The number of benzene rings is 1. The minimum Gasteiger partial charge on any atom is -0.389 e. The Balaban J connectivity index is 1.41. The molecule has 1 saturated heterocycles. The summed E-state index contributed by atoms with van der Waals surface area (Å²) in [6.45, 7) is 3.20. The number of ether oxygens (including phenoxy) is 1. The van der Waals surface area contributed by atoms with Crippen molar-refractivity contribution < 1.29 is 14.6 Å². The molecule has 5 heteroatoms. The Labute approximate surface area is 155 Å². The first kappa shape index (κ1) is 18.0. The van der Waals surface area contributed by atoms with Crippen molar-refractivity contribution in [3.8, 4) is 0 Å². The molecule has 2 fully saturated rings. The van der Waals surface area contributed by atoms with Crippen LogP contribution in [-0.2, 0) is 17.6 Å². The Morgan fingerprint density at radius 3 is 2.65 bits per heavy atom. The van der Waals surface area contributed by atoms with E-state index in [0.29, 0.717) is 0 Å². The Hall–Kier alpha value is -1.43. The zero-order valence-electron chi connectivity index (χ0n) is 15.5. The van der Waals surface area contributed by atoms with Gasteiger partial charge in [0.15, 0.2) is 0 Å². The molecule has 3 atom stereocenters. The fraction of sp³-hybridized carbons (Fsp3) is 0.667. The molecule has 1 aromatic carbocycles. The highest BCUT2D eigenvalue weighted by molar-refractivity contribution is 5.94. The largest absolute Gasteiger partial charge is 0.389 e. The number of amides is 1. The first-order valence-corrected chi connectivity index (χ1v) is 10.1. The molecule has 2 N–H and O–H groups in total. The summed E-state index contributed by atoms with van der Waals surface area (Å²) in [5.74, 6) is -0.0509. The van der Waals surface area contributed by atoms with E-state index in [1.807, 2.05) is 6.07 Å². The summed E-state index contributed by atoms with van der Waals surface area (Å²) in [5, 5.41) is 14.0. The molecule has 3 aliphatic rings. The summed E-state index contributed by atoms with van der Waals surface area (Å²) in [5.41, 5.74) is 3.43. The average molecular weight is 358 g/mol. The summed E-state index contributed by atoms with van der Waals surface area (Å²) >= 11 is 0. The number of morpholine rings is 1. The van der Waals surface area contributed by atoms with Gasteiger partial charge in [-0.2, -0.15) is 0 Å². The molecule has 0 aromatic heterocycles. The summed E-state index contributed by atoms with van der Waals surface area (Å²) in [4.78, 5) is 15.1. The third kappa shape index (κ3) is 3.80. The number of aryl methyl sites for hydroxylation is 2. The number of hydrogen-bond acceptors (Lipinski definition) is 4. The third-order valence-electron chi connectivity index (χ3n) is 6.26. The van der Waals surface area contributed by atoms with Crippen LogP contribution in [0.5, 0.6) is 0 Å². The number of hydrogen-bond donors (Lipinski definition) is 2. The lowest BCUT2D eigenvalue weighted by Gasteiger charge is -2.43.